The number of fused-ring (bicyclic) bond motifs is 2. The third-order valence-corrected chi connectivity index (χ3v) is 8.32. The lowest BCUT2D eigenvalue weighted by Crippen LogP contribution is -2.16. The smallest absolute Gasteiger partial charge is 0.123 e. The summed E-state index contributed by atoms with van der Waals surface area (Å²) in [7, 11) is 1.96. The van der Waals surface area contributed by atoms with E-state index in [1.807, 2.05) is 59.8 Å². The maximum atomic E-state index is 12.9. The fraction of sp³-hybridized carbons (Fsp3) is 0.241. The molecule has 0 radical (unpaired) electrons. The zero-order chi connectivity index (χ0) is 25.5. The summed E-state index contributed by atoms with van der Waals surface area (Å²) in [4.78, 5) is 1.23. The average Bonchev–Trinajstić information content (AvgIpc) is 3.23. The Balaban J connectivity index is 0.000000138. The second-order valence-corrected chi connectivity index (χ2v) is 11.4. The molecular weight excluding hydrogens is 505 g/mol. The van der Waals surface area contributed by atoms with Crippen LogP contribution < -0.4 is 0 Å². The van der Waals surface area contributed by atoms with Crippen molar-refractivity contribution in [2.24, 2.45) is 18.9 Å². The number of hydrogen-bond donors (Lipinski definition) is 0. The number of benzene rings is 3. The molecular formula is C29H27ClFN5S. The Bertz CT molecular complexity index is 1530. The number of piperidine rings is 1. The summed E-state index contributed by atoms with van der Waals surface area (Å²) in [5, 5.41) is 10.5. The van der Waals surface area contributed by atoms with Gasteiger partial charge in [0.15, 0.2) is 0 Å². The first kappa shape index (κ1) is 24.2. The number of aryl methyl sites for hydroxylation is 2. The summed E-state index contributed by atoms with van der Waals surface area (Å²) in [5.74, 6) is 2.09. The largest absolute Gasteiger partial charge is 0.275 e. The SMILES string of the molecule is Cc1ccc2cnn(-c3ccc(F)cc3)c2c1.Cn1cc(SN2CC3C(C2)C3c2cccc(Cl)c2)cn1. The molecule has 0 N–H and O–H groups in total. The maximum Gasteiger partial charge on any atom is 0.123 e. The van der Waals surface area contributed by atoms with Gasteiger partial charge in [0.05, 0.1) is 28.5 Å². The van der Waals surface area contributed by atoms with Gasteiger partial charge in [0.1, 0.15) is 5.82 Å². The highest BCUT2D eigenvalue weighted by molar-refractivity contribution is 7.97. The molecule has 1 saturated heterocycles. The summed E-state index contributed by atoms with van der Waals surface area (Å²) in [6.45, 7) is 4.38. The van der Waals surface area contributed by atoms with Crippen molar-refractivity contribution in [3.05, 3.63) is 107 Å². The first-order chi connectivity index (χ1) is 17.9. The van der Waals surface area contributed by atoms with Gasteiger partial charge in [0.2, 0.25) is 0 Å². The number of hydrogen-bond acceptors (Lipinski definition) is 4. The van der Waals surface area contributed by atoms with Crippen LogP contribution in [0.5, 0.6) is 0 Å². The summed E-state index contributed by atoms with van der Waals surface area (Å²) in [6.07, 6.45) is 5.82. The van der Waals surface area contributed by atoms with E-state index < -0.39 is 0 Å². The minimum atomic E-state index is -0.235. The van der Waals surface area contributed by atoms with Gasteiger partial charge in [-0.15, -0.1) is 0 Å². The molecule has 0 bridgehead atoms. The van der Waals surface area contributed by atoms with Crippen LogP contribution in [-0.4, -0.2) is 37.0 Å². The van der Waals surface area contributed by atoms with Crippen molar-refractivity contribution in [3.63, 3.8) is 0 Å². The van der Waals surface area contributed by atoms with Gasteiger partial charge in [-0.3, -0.25) is 4.68 Å². The summed E-state index contributed by atoms with van der Waals surface area (Å²) >= 11 is 7.92. The molecule has 1 aliphatic heterocycles. The van der Waals surface area contributed by atoms with Gasteiger partial charge in [-0.2, -0.15) is 10.2 Å². The van der Waals surface area contributed by atoms with E-state index in [2.05, 4.69) is 51.0 Å². The predicted molar refractivity (Wildman–Crippen MR) is 148 cm³/mol. The van der Waals surface area contributed by atoms with Crippen molar-refractivity contribution in [1.82, 2.24) is 23.9 Å². The molecule has 8 heteroatoms. The second-order valence-electron chi connectivity index (χ2n) is 9.79. The molecule has 0 spiro atoms. The van der Waals surface area contributed by atoms with E-state index in [-0.39, 0.29) is 5.82 Å². The van der Waals surface area contributed by atoms with Gasteiger partial charge >= 0.3 is 0 Å². The van der Waals surface area contributed by atoms with Gasteiger partial charge in [-0.25, -0.2) is 13.4 Å². The molecule has 7 rings (SSSR count). The molecule has 2 unspecified atom stereocenters. The van der Waals surface area contributed by atoms with Crippen molar-refractivity contribution in [3.8, 4) is 5.69 Å². The highest BCUT2D eigenvalue weighted by Crippen LogP contribution is 2.59. The van der Waals surface area contributed by atoms with E-state index in [0.717, 1.165) is 39.4 Å². The maximum absolute atomic E-state index is 12.9. The third kappa shape index (κ3) is 5.17. The third-order valence-electron chi connectivity index (χ3n) is 7.11. The monoisotopic (exact) mass is 531 g/mol. The Morgan fingerprint density at radius 1 is 0.946 bits per heavy atom. The second kappa shape index (κ2) is 9.97. The normalized spacial score (nSPS) is 20.5. The van der Waals surface area contributed by atoms with Crippen LogP contribution >= 0.6 is 23.5 Å². The van der Waals surface area contributed by atoms with Gasteiger partial charge in [-0.1, -0.05) is 35.9 Å². The predicted octanol–water partition coefficient (Wildman–Crippen LogP) is 6.90. The van der Waals surface area contributed by atoms with E-state index >= 15 is 0 Å². The van der Waals surface area contributed by atoms with Crippen molar-refractivity contribution < 1.29 is 4.39 Å². The topological polar surface area (TPSA) is 38.9 Å². The van der Waals surface area contributed by atoms with Crippen LogP contribution in [0.2, 0.25) is 5.02 Å². The minimum absolute atomic E-state index is 0.235. The van der Waals surface area contributed by atoms with E-state index in [1.54, 1.807) is 12.1 Å². The molecule has 3 heterocycles. The van der Waals surface area contributed by atoms with Crippen molar-refractivity contribution in [2.45, 2.75) is 17.7 Å². The van der Waals surface area contributed by atoms with E-state index in [9.17, 15) is 4.39 Å². The van der Waals surface area contributed by atoms with Gasteiger partial charge in [0.25, 0.3) is 0 Å². The van der Waals surface area contributed by atoms with Crippen LogP contribution in [0.3, 0.4) is 0 Å². The highest BCUT2D eigenvalue weighted by Gasteiger charge is 2.56. The first-order valence-corrected chi connectivity index (χ1v) is 13.5. The Morgan fingerprint density at radius 2 is 1.73 bits per heavy atom. The fourth-order valence-electron chi connectivity index (χ4n) is 5.28. The minimum Gasteiger partial charge on any atom is -0.275 e. The molecule has 2 aliphatic rings. The zero-order valence-corrected chi connectivity index (χ0v) is 22.2. The molecule has 2 aromatic heterocycles. The zero-order valence-electron chi connectivity index (χ0n) is 20.6. The lowest BCUT2D eigenvalue weighted by atomic mass is 10.1. The molecule has 1 aliphatic carbocycles. The quantitative estimate of drug-likeness (QED) is 0.236. The van der Waals surface area contributed by atoms with E-state index in [1.165, 1.54) is 41.2 Å². The molecule has 1 saturated carbocycles. The Hall–Kier alpha value is -3.13. The molecule has 5 nitrogen and oxygen atoms in total. The Kier molecular flexibility index (Phi) is 6.53. The van der Waals surface area contributed by atoms with Crippen LogP contribution in [0.1, 0.15) is 17.0 Å². The number of rotatable bonds is 4. The van der Waals surface area contributed by atoms with Gasteiger partial charge < -0.3 is 0 Å². The van der Waals surface area contributed by atoms with Crippen molar-refractivity contribution >= 4 is 34.5 Å². The Morgan fingerprint density at radius 3 is 2.43 bits per heavy atom. The molecule has 2 atom stereocenters. The van der Waals surface area contributed by atoms with Crippen molar-refractivity contribution in [2.75, 3.05) is 13.1 Å². The van der Waals surface area contributed by atoms with Gasteiger partial charge in [-0.05, 0) is 90.2 Å². The standard InChI is InChI=1S/C15H16ClN3S.C14H11FN2/c1-18-7-12(6-17-18)20-19-8-13-14(9-19)15(13)10-3-2-4-11(16)5-10;1-10-2-3-11-9-16-17(14(11)8-10)13-6-4-12(15)5-7-13/h2-7,13-15H,8-9H2,1H3;2-9H,1H3. The lowest BCUT2D eigenvalue weighted by molar-refractivity contribution is 0.498. The van der Waals surface area contributed by atoms with Crippen molar-refractivity contribution in [1.29, 1.82) is 0 Å². The summed E-state index contributed by atoms with van der Waals surface area (Å²) in [5.41, 5.74) is 4.50. The number of aromatic nitrogens is 4. The molecule has 3 aromatic carbocycles. The summed E-state index contributed by atoms with van der Waals surface area (Å²) in [6, 6.07) is 20.9. The lowest BCUT2D eigenvalue weighted by Gasteiger charge is -2.17. The molecule has 0 amide bonds. The van der Waals surface area contributed by atoms with Gasteiger partial charge in [0, 0.05) is 36.7 Å². The van der Waals surface area contributed by atoms with Crippen LogP contribution in [0.15, 0.2) is 90.2 Å². The highest BCUT2D eigenvalue weighted by atomic mass is 35.5. The molecule has 188 valence electrons. The summed E-state index contributed by atoms with van der Waals surface area (Å²) < 4.78 is 19.0. The van der Waals surface area contributed by atoms with E-state index in [0.29, 0.717) is 0 Å². The average molecular weight is 532 g/mol. The molecule has 5 aromatic rings. The fourth-order valence-corrected chi connectivity index (χ4v) is 6.57. The number of nitrogens with zero attached hydrogens (tertiary/aromatic N) is 5. The number of halogens is 2. The van der Waals surface area contributed by atoms with Crippen LogP contribution in [-0.2, 0) is 7.05 Å². The molecule has 2 fully saturated rings. The van der Waals surface area contributed by atoms with Crippen LogP contribution in [0, 0.1) is 24.6 Å². The van der Waals surface area contributed by atoms with Crippen LogP contribution in [0.4, 0.5) is 4.39 Å². The van der Waals surface area contributed by atoms with Crippen LogP contribution in [0.25, 0.3) is 16.6 Å². The van der Waals surface area contributed by atoms with E-state index in [4.69, 9.17) is 11.6 Å². The first-order valence-electron chi connectivity index (χ1n) is 12.3. The molecule has 37 heavy (non-hydrogen) atoms. The Labute approximate surface area is 225 Å².